The van der Waals surface area contributed by atoms with Gasteiger partial charge < -0.3 is 11.1 Å². The average Bonchev–Trinajstić information content (AvgIpc) is 2.36. The number of rotatable bonds is 3. The second-order valence-corrected chi connectivity index (χ2v) is 4.82. The Labute approximate surface area is 106 Å². The quantitative estimate of drug-likeness (QED) is 0.808. The number of halogens is 1. The molecule has 0 saturated heterocycles. The van der Waals surface area contributed by atoms with E-state index in [-0.39, 0.29) is 17.3 Å². The van der Waals surface area contributed by atoms with Gasteiger partial charge in [0, 0.05) is 18.2 Å². The van der Waals surface area contributed by atoms with E-state index < -0.39 is 5.95 Å². The minimum absolute atomic E-state index is 0.0258. The average molecular weight is 251 g/mol. The maximum absolute atomic E-state index is 13.0. The first-order valence-corrected chi connectivity index (χ1v) is 6.36. The molecule has 1 amide bonds. The van der Waals surface area contributed by atoms with Crippen LogP contribution in [0.5, 0.6) is 0 Å². The number of pyridine rings is 1. The van der Waals surface area contributed by atoms with Crippen molar-refractivity contribution in [1.29, 1.82) is 0 Å². The van der Waals surface area contributed by atoms with Crippen LogP contribution >= 0.6 is 0 Å². The van der Waals surface area contributed by atoms with Crippen LogP contribution < -0.4 is 11.1 Å². The molecule has 0 radical (unpaired) electrons. The molecule has 4 nitrogen and oxygen atoms in total. The van der Waals surface area contributed by atoms with Gasteiger partial charge in [-0.15, -0.1) is 0 Å². The summed E-state index contributed by atoms with van der Waals surface area (Å²) in [6.07, 6.45) is 6.07. The molecular weight excluding hydrogens is 233 g/mol. The fourth-order valence-corrected chi connectivity index (χ4v) is 2.38. The molecular formula is C13H18FN3O. The minimum Gasteiger partial charge on any atom is -0.384 e. The molecule has 0 aromatic carbocycles. The molecule has 1 aromatic rings. The second kappa shape index (κ2) is 5.80. The van der Waals surface area contributed by atoms with Gasteiger partial charge in [-0.2, -0.15) is 4.39 Å². The third-order valence-corrected chi connectivity index (χ3v) is 3.35. The predicted octanol–water partition coefficient (Wildman–Crippen LogP) is 2.11. The van der Waals surface area contributed by atoms with Crippen LogP contribution in [0.3, 0.4) is 0 Å². The van der Waals surface area contributed by atoms with Gasteiger partial charge in [0.1, 0.15) is 5.82 Å². The van der Waals surface area contributed by atoms with Crippen LogP contribution in [0.15, 0.2) is 12.1 Å². The van der Waals surface area contributed by atoms with Crippen LogP contribution in [0.4, 0.5) is 10.2 Å². The van der Waals surface area contributed by atoms with Crippen molar-refractivity contribution in [3.05, 3.63) is 23.6 Å². The Morgan fingerprint density at radius 2 is 2.11 bits per heavy atom. The number of hydrogen-bond donors (Lipinski definition) is 2. The Morgan fingerprint density at radius 1 is 1.39 bits per heavy atom. The summed E-state index contributed by atoms with van der Waals surface area (Å²) in [5.74, 6) is -0.434. The number of carbonyl (C=O) groups excluding carboxylic acids is 1. The lowest BCUT2D eigenvalue weighted by Crippen LogP contribution is -2.30. The van der Waals surface area contributed by atoms with Gasteiger partial charge in [0.25, 0.3) is 5.91 Å². The van der Waals surface area contributed by atoms with Gasteiger partial charge in [0.2, 0.25) is 5.95 Å². The number of aromatic nitrogens is 1. The van der Waals surface area contributed by atoms with Crippen molar-refractivity contribution in [2.24, 2.45) is 5.92 Å². The van der Waals surface area contributed by atoms with Crippen molar-refractivity contribution < 1.29 is 9.18 Å². The highest BCUT2D eigenvalue weighted by atomic mass is 19.1. The van der Waals surface area contributed by atoms with Gasteiger partial charge in [0.15, 0.2) is 0 Å². The molecule has 2 rings (SSSR count). The zero-order chi connectivity index (χ0) is 13.0. The summed E-state index contributed by atoms with van der Waals surface area (Å²) in [5.41, 5.74) is 5.64. The zero-order valence-electron chi connectivity index (χ0n) is 10.3. The Balaban J connectivity index is 1.90. The molecule has 98 valence electrons. The maximum Gasteiger partial charge on any atom is 0.251 e. The summed E-state index contributed by atoms with van der Waals surface area (Å²) in [5, 5.41) is 2.83. The Bertz CT molecular complexity index is 410. The lowest BCUT2D eigenvalue weighted by Gasteiger charge is -2.21. The molecule has 1 aliphatic rings. The van der Waals surface area contributed by atoms with Gasteiger partial charge >= 0.3 is 0 Å². The molecule has 0 unspecified atom stereocenters. The van der Waals surface area contributed by atoms with Crippen LogP contribution in [-0.2, 0) is 0 Å². The molecule has 0 atom stereocenters. The Hall–Kier alpha value is -1.65. The first-order valence-electron chi connectivity index (χ1n) is 6.36. The molecule has 3 N–H and O–H groups in total. The van der Waals surface area contributed by atoms with Gasteiger partial charge in [-0.25, -0.2) is 4.98 Å². The highest BCUT2D eigenvalue weighted by molar-refractivity contribution is 5.94. The number of hydrogen-bond acceptors (Lipinski definition) is 3. The summed E-state index contributed by atoms with van der Waals surface area (Å²) < 4.78 is 13.0. The topological polar surface area (TPSA) is 68.0 Å². The van der Waals surface area contributed by atoms with Crippen LogP contribution in [0.25, 0.3) is 0 Å². The van der Waals surface area contributed by atoms with Gasteiger partial charge in [-0.1, -0.05) is 19.3 Å². The van der Waals surface area contributed by atoms with Crippen molar-refractivity contribution in [3.63, 3.8) is 0 Å². The molecule has 5 heteroatoms. The zero-order valence-corrected chi connectivity index (χ0v) is 10.3. The molecule has 18 heavy (non-hydrogen) atoms. The molecule has 1 fully saturated rings. The van der Waals surface area contributed by atoms with E-state index in [1.54, 1.807) is 0 Å². The van der Waals surface area contributed by atoms with Crippen LogP contribution in [0.2, 0.25) is 0 Å². The summed E-state index contributed by atoms with van der Waals surface area (Å²) in [7, 11) is 0. The maximum atomic E-state index is 13.0. The molecule has 1 aromatic heterocycles. The number of amides is 1. The largest absolute Gasteiger partial charge is 0.384 e. The van der Waals surface area contributed by atoms with Crippen molar-refractivity contribution in [2.45, 2.75) is 32.1 Å². The number of carbonyl (C=O) groups is 1. The molecule has 1 heterocycles. The summed E-state index contributed by atoms with van der Waals surface area (Å²) in [6, 6.07) is 2.49. The summed E-state index contributed by atoms with van der Waals surface area (Å²) in [4.78, 5) is 15.2. The highest BCUT2D eigenvalue weighted by Crippen LogP contribution is 2.22. The normalized spacial score (nSPS) is 16.5. The van der Waals surface area contributed by atoms with E-state index in [1.165, 1.54) is 25.3 Å². The number of nitrogens with one attached hydrogen (secondary N) is 1. The third kappa shape index (κ3) is 3.42. The molecule has 0 spiro atoms. The predicted molar refractivity (Wildman–Crippen MR) is 67.5 cm³/mol. The number of nitrogen functional groups attached to an aromatic ring is 1. The van der Waals surface area contributed by atoms with Gasteiger partial charge in [-0.3, -0.25) is 4.79 Å². The molecule has 0 bridgehead atoms. The van der Waals surface area contributed by atoms with Crippen molar-refractivity contribution in [1.82, 2.24) is 10.3 Å². The lowest BCUT2D eigenvalue weighted by molar-refractivity contribution is 0.0943. The van der Waals surface area contributed by atoms with Crippen molar-refractivity contribution in [3.8, 4) is 0 Å². The Morgan fingerprint density at radius 3 is 2.78 bits per heavy atom. The van der Waals surface area contributed by atoms with E-state index in [2.05, 4.69) is 10.3 Å². The smallest absolute Gasteiger partial charge is 0.251 e. The van der Waals surface area contributed by atoms with E-state index in [9.17, 15) is 9.18 Å². The monoisotopic (exact) mass is 251 g/mol. The number of anilines is 1. The fourth-order valence-electron chi connectivity index (χ4n) is 2.38. The van der Waals surface area contributed by atoms with Crippen LogP contribution in [-0.4, -0.2) is 17.4 Å². The van der Waals surface area contributed by atoms with E-state index in [0.29, 0.717) is 12.5 Å². The lowest BCUT2D eigenvalue weighted by atomic mass is 9.89. The van der Waals surface area contributed by atoms with E-state index >= 15 is 0 Å². The second-order valence-electron chi connectivity index (χ2n) is 4.82. The van der Waals surface area contributed by atoms with Crippen LogP contribution in [0, 0.1) is 11.9 Å². The Kier molecular flexibility index (Phi) is 4.12. The standard InChI is InChI=1S/C13H18FN3O/c14-11-6-10(7-12(15)17-11)13(18)16-8-9-4-2-1-3-5-9/h6-7,9H,1-5,8H2,(H2,15,17)(H,16,18). The fraction of sp³-hybridized carbons (Fsp3) is 0.538. The summed E-state index contributed by atoms with van der Waals surface area (Å²) >= 11 is 0. The van der Waals surface area contributed by atoms with Crippen molar-refractivity contribution in [2.75, 3.05) is 12.3 Å². The minimum atomic E-state index is -0.724. The van der Waals surface area contributed by atoms with E-state index in [4.69, 9.17) is 5.73 Å². The van der Waals surface area contributed by atoms with Gasteiger partial charge in [0.05, 0.1) is 0 Å². The van der Waals surface area contributed by atoms with Gasteiger partial charge in [-0.05, 0) is 24.8 Å². The molecule has 1 saturated carbocycles. The molecule has 0 aliphatic heterocycles. The number of nitrogens with two attached hydrogens (primary N) is 1. The van der Waals surface area contributed by atoms with Crippen molar-refractivity contribution >= 4 is 11.7 Å². The van der Waals surface area contributed by atoms with E-state index in [0.717, 1.165) is 18.9 Å². The first kappa shape index (κ1) is 12.8. The molecule has 1 aliphatic carbocycles. The highest BCUT2D eigenvalue weighted by Gasteiger charge is 2.15. The third-order valence-electron chi connectivity index (χ3n) is 3.35. The number of nitrogens with zero attached hydrogens (tertiary/aromatic N) is 1. The van der Waals surface area contributed by atoms with Crippen LogP contribution in [0.1, 0.15) is 42.5 Å². The first-order chi connectivity index (χ1) is 8.65. The summed E-state index contributed by atoms with van der Waals surface area (Å²) in [6.45, 7) is 0.655. The van der Waals surface area contributed by atoms with E-state index in [1.807, 2.05) is 0 Å². The SMILES string of the molecule is Nc1cc(C(=O)NCC2CCCCC2)cc(F)n1.